The SMILES string of the molecule is CC1(C)c2ccccc2-c2ccc(N(c3ccc(-c4cccc(-c5cc6ccccc6c6ccccc56)c4)cc3)c3ccc4c(c3)C(C)(c3ccccc3)c3cccc(-c5ccccc5)c3-4)cc21. The molecule has 0 saturated carbocycles. The van der Waals surface area contributed by atoms with Gasteiger partial charge in [-0.2, -0.15) is 0 Å². The monoisotopic (exact) mass is 867 g/mol. The number of benzene rings is 11. The van der Waals surface area contributed by atoms with Gasteiger partial charge >= 0.3 is 0 Å². The Balaban J connectivity index is 0.968. The highest BCUT2D eigenvalue weighted by Crippen LogP contribution is 2.57. The summed E-state index contributed by atoms with van der Waals surface area (Å²) in [6.07, 6.45) is 0. The highest BCUT2D eigenvalue weighted by Gasteiger charge is 2.43. The van der Waals surface area contributed by atoms with Crippen LogP contribution in [-0.2, 0) is 10.8 Å². The van der Waals surface area contributed by atoms with Crippen molar-refractivity contribution in [3.63, 3.8) is 0 Å². The van der Waals surface area contributed by atoms with E-state index in [9.17, 15) is 0 Å². The number of nitrogens with zero attached hydrogens (tertiary/aromatic N) is 1. The fourth-order valence-electron chi connectivity index (χ4n) is 11.9. The molecule has 1 heteroatoms. The third-order valence-electron chi connectivity index (χ3n) is 15.3. The van der Waals surface area contributed by atoms with Gasteiger partial charge in [0.2, 0.25) is 0 Å². The Hall–Kier alpha value is -8.26. The van der Waals surface area contributed by atoms with Crippen molar-refractivity contribution < 1.29 is 0 Å². The Morgan fingerprint density at radius 1 is 0.294 bits per heavy atom. The lowest BCUT2D eigenvalue weighted by Gasteiger charge is -2.31. The number of rotatable bonds is 7. The summed E-state index contributed by atoms with van der Waals surface area (Å²) in [5.74, 6) is 0. The van der Waals surface area contributed by atoms with Crippen LogP contribution >= 0.6 is 0 Å². The summed E-state index contributed by atoms with van der Waals surface area (Å²) in [6, 6.07) is 90.3. The van der Waals surface area contributed by atoms with Crippen LogP contribution < -0.4 is 4.90 Å². The van der Waals surface area contributed by atoms with Crippen LogP contribution in [0.1, 0.15) is 48.6 Å². The fourth-order valence-corrected chi connectivity index (χ4v) is 11.9. The van der Waals surface area contributed by atoms with E-state index in [1.807, 2.05) is 0 Å². The Labute approximate surface area is 399 Å². The van der Waals surface area contributed by atoms with E-state index in [2.05, 4.69) is 268 Å². The molecule has 0 heterocycles. The van der Waals surface area contributed by atoms with Crippen molar-refractivity contribution in [1.29, 1.82) is 0 Å². The molecule has 0 N–H and O–H groups in total. The van der Waals surface area contributed by atoms with Gasteiger partial charge in [-0.1, -0.05) is 208 Å². The van der Waals surface area contributed by atoms with Crippen LogP contribution in [0, 0.1) is 0 Å². The fraction of sp³-hybridized carbons (Fsp3) is 0.0746. The van der Waals surface area contributed by atoms with Gasteiger partial charge in [0.05, 0.1) is 0 Å². The maximum atomic E-state index is 2.48. The zero-order chi connectivity index (χ0) is 45.6. The van der Waals surface area contributed by atoms with E-state index in [0.717, 1.165) is 17.1 Å². The van der Waals surface area contributed by atoms with Crippen molar-refractivity contribution in [1.82, 2.24) is 0 Å². The number of fused-ring (bicyclic) bond motifs is 9. The molecular formula is C67H49N. The predicted molar refractivity (Wildman–Crippen MR) is 287 cm³/mol. The Kier molecular flexibility index (Phi) is 9.07. The summed E-state index contributed by atoms with van der Waals surface area (Å²) >= 11 is 0. The minimum atomic E-state index is -0.384. The van der Waals surface area contributed by atoms with Crippen LogP contribution in [0.25, 0.3) is 77.2 Å². The average Bonchev–Trinajstić information content (AvgIpc) is 3.80. The first-order valence-electron chi connectivity index (χ1n) is 23.9. The molecule has 13 rings (SSSR count). The molecule has 11 aromatic rings. The van der Waals surface area contributed by atoms with Gasteiger partial charge in [-0.3, -0.25) is 0 Å². The second-order valence-corrected chi connectivity index (χ2v) is 19.4. The molecule has 0 radical (unpaired) electrons. The van der Waals surface area contributed by atoms with Crippen LogP contribution in [0.5, 0.6) is 0 Å². The molecule has 1 unspecified atom stereocenters. The van der Waals surface area contributed by atoms with Gasteiger partial charge in [0.15, 0.2) is 0 Å². The molecule has 0 aromatic heterocycles. The zero-order valence-electron chi connectivity index (χ0n) is 38.5. The minimum Gasteiger partial charge on any atom is -0.310 e. The number of hydrogen-bond donors (Lipinski definition) is 0. The van der Waals surface area contributed by atoms with Crippen LogP contribution in [0.4, 0.5) is 17.1 Å². The Morgan fingerprint density at radius 2 is 0.853 bits per heavy atom. The highest BCUT2D eigenvalue weighted by molar-refractivity contribution is 6.14. The van der Waals surface area contributed by atoms with E-state index in [0.29, 0.717) is 0 Å². The van der Waals surface area contributed by atoms with Crippen molar-refractivity contribution >= 4 is 38.6 Å². The molecule has 322 valence electrons. The van der Waals surface area contributed by atoms with Gasteiger partial charge in [-0.15, -0.1) is 0 Å². The van der Waals surface area contributed by atoms with Crippen molar-refractivity contribution in [2.24, 2.45) is 0 Å². The second-order valence-electron chi connectivity index (χ2n) is 19.4. The maximum absolute atomic E-state index is 2.48. The topological polar surface area (TPSA) is 3.24 Å². The standard InChI is InChI=1S/C67H49N/c1-66(2)61-30-15-14-28-57(61)58-38-36-51(42-63(58)66)68(50-34-32-44(33-35-50)46-21-16-22-47(40-46)60-41-48-20-10-11-25-53(48)55-26-12-13-27-56(55)60)52-37-39-59-64(43-52)67(3,49-23-8-5-9-24-49)62-31-17-29-54(65(59)62)45-18-6-4-7-19-45/h4-43H,1-3H3. The quantitative estimate of drug-likeness (QED) is 0.144. The minimum absolute atomic E-state index is 0.141. The highest BCUT2D eigenvalue weighted by atomic mass is 15.1. The molecule has 1 nitrogen and oxygen atoms in total. The molecule has 11 aromatic carbocycles. The van der Waals surface area contributed by atoms with E-state index < -0.39 is 0 Å². The molecule has 0 bridgehead atoms. The van der Waals surface area contributed by atoms with Crippen LogP contribution in [0.2, 0.25) is 0 Å². The van der Waals surface area contributed by atoms with Gasteiger partial charge in [0.1, 0.15) is 0 Å². The normalized spacial score (nSPS) is 15.2. The number of anilines is 3. The lowest BCUT2D eigenvalue weighted by Crippen LogP contribution is -2.23. The third kappa shape index (κ3) is 6.09. The van der Waals surface area contributed by atoms with Crippen LogP contribution in [0.15, 0.2) is 243 Å². The van der Waals surface area contributed by atoms with E-state index in [4.69, 9.17) is 0 Å². The van der Waals surface area contributed by atoms with Gasteiger partial charge in [-0.25, -0.2) is 0 Å². The molecule has 0 fully saturated rings. The van der Waals surface area contributed by atoms with Gasteiger partial charge in [-0.05, 0) is 160 Å². The first-order chi connectivity index (χ1) is 33.4. The van der Waals surface area contributed by atoms with E-state index in [-0.39, 0.29) is 10.8 Å². The van der Waals surface area contributed by atoms with Crippen molar-refractivity contribution in [2.45, 2.75) is 31.6 Å². The first kappa shape index (κ1) is 40.1. The van der Waals surface area contributed by atoms with Gasteiger partial charge in [0, 0.05) is 27.9 Å². The molecule has 0 spiro atoms. The van der Waals surface area contributed by atoms with Crippen molar-refractivity contribution in [3.8, 4) is 55.6 Å². The second kappa shape index (κ2) is 15.4. The van der Waals surface area contributed by atoms with E-state index in [1.54, 1.807) is 0 Å². The molecule has 2 aliphatic rings. The summed E-state index contributed by atoms with van der Waals surface area (Å²) < 4.78 is 0. The molecule has 0 aliphatic heterocycles. The van der Waals surface area contributed by atoms with E-state index >= 15 is 0 Å². The predicted octanol–water partition coefficient (Wildman–Crippen LogP) is 18.1. The molecule has 0 amide bonds. The van der Waals surface area contributed by atoms with Crippen molar-refractivity contribution in [3.05, 3.63) is 270 Å². The average molecular weight is 868 g/mol. The smallest absolute Gasteiger partial charge is 0.0465 e. The maximum Gasteiger partial charge on any atom is 0.0465 e. The summed E-state index contributed by atoms with van der Waals surface area (Å²) in [6.45, 7) is 7.17. The Morgan fingerprint density at radius 3 is 1.65 bits per heavy atom. The molecule has 68 heavy (non-hydrogen) atoms. The summed E-state index contributed by atoms with van der Waals surface area (Å²) in [5.41, 5.74) is 22.1. The van der Waals surface area contributed by atoms with Gasteiger partial charge in [0.25, 0.3) is 0 Å². The third-order valence-corrected chi connectivity index (χ3v) is 15.3. The van der Waals surface area contributed by atoms with Crippen LogP contribution in [-0.4, -0.2) is 0 Å². The van der Waals surface area contributed by atoms with Crippen LogP contribution in [0.3, 0.4) is 0 Å². The Bertz CT molecular complexity index is 3770. The summed E-state index contributed by atoms with van der Waals surface area (Å²) in [4.78, 5) is 2.48. The van der Waals surface area contributed by atoms with E-state index in [1.165, 1.54) is 105 Å². The lowest BCUT2D eigenvalue weighted by atomic mass is 9.74. The van der Waals surface area contributed by atoms with Crippen molar-refractivity contribution in [2.75, 3.05) is 4.90 Å². The summed E-state index contributed by atoms with van der Waals surface area (Å²) in [7, 11) is 0. The van der Waals surface area contributed by atoms with Gasteiger partial charge < -0.3 is 4.90 Å². The lowest BCUT2D eigenvalue weighted by molar-refractivity contribution is 0.660. The molecule has 1 atom stereocenters. The molecule has 0 saturated heterocycles. The number of hydrogen-bond acceptors (Lipinski definition) is 1. The first-order valence-corrected chi connectivity index (χ1v) is 23.9. The molecule has 2 aliphatic carbocycles. The molecular weight excluding hydrogens is 819 g/mol. The summed E-state index contributed by atoms with van der Waals surface area (Å²) in [5, 5.41) is 5.10. The largest absolute Gasteiger partial charge is 0.310 e. The zero-order valence-corrected chi connectivity index (χ0v) is 38.5.